The third kappa shape index (κ3) is 4.23. The normalized spacial score (nSPS) is 14.6. The largest absolute Gasteiger partial charge is 0.396 e. The Morgan fingerprint density at radius 3 is 2.45 bits per heavy atom. The molecule has 0 saturated carbocycles. The molecule has 110 valence electrons. The molecular formula is C16H24N2O2. The quantitative estimate of drug-likeness (QED) is 0.752. The number of hydrogen-bond acceptors (Lipinski definition) is 3. The molecule has 1 aliphatic rings. The van der Waals surface area contributed by atoms with Crippen molar-refractivity contribution in [3.8, 4) is 0 Å². The maximum Gasteiger partial charge on any atom is 0.253 e. The molecule has 1 heterocycles. The van der Waals surface area contributed by atoms with Gasteiger partial charge in [-0.25, -0.2) is 0 Å². The van der Waals surface area contributed by atoms with Gasteiger partial charge in [0.1, 0.15) is 0 Å². The SMILES string of the molecule is O=C(c1ccc(NCCCCCO)cc1)N1CCCC1. The Labute approximate surface area is 120 Å². The summed E-state index contributed by atoms with van der Waals surface area (Å²) in [6, 6.07) is 7.73. The number of nitrogens with zero attached hydrogens (tertiary/aromatic N) is 1. The molecule has 1 aromatic rings. The van der Waals surface area contributed by atoms with E-state index in [9.17, 15) is 4.79 Å². The topological polar surface area (TPSA) is 52.6 Å². The fourth-order valence-corrected chi connectivity index (χ4v) is 2.48. The first-order chi connectivity index (χ1) is 9.81. The molecule has 0 spiro atoms. The summed E-state index contributed by atoms with van der Waals surface area (Å²) in [5, 5.41) is 12.0. The Kier molecular flexibility index (Phi) is 5.87. The van der Waals surface area contributed by atoms with Gasteiger partial charge in [0.15, 0.2) is 0 Å². The Hall–Kier alpha value is -1.55. The van der Waals surface area contributed by atoms with Gasteiger partial charge < -0.3 is 15.3 Å². The summed E-state index contributed by atoms with van der Waals surface area (Å²) >= 11 is 0. The number of likely N-dealkylation sites (tertiary alicyclic amines) is 1. The molecule has 4 heteroatoms. The maximum absolute atomic E-state index is 12.2. The van der Waals surface area contributed by atoms with Crippen molar-refractivity contribution in [3.63, 3.8) is 0 Å². The second-order valence-electron chi connectivity index (χ2n) is 5.29. The van der Waals surface area contributed by atoms with E-state index in [0.29, 0.717) is 0 Å². The molecule has 2 N–H and O–H groups in total. The molecule has 1 saturated heterocycles. The zero-order chi connectivity index (χ0) is 14.2. The van der Waals surface area contributed by atoms with Gasteiger partial charge in [-0.15, -0.1) is 0 Å². The molecule has 1 aromatic carbocycles. The average Bonchev–Trinajstić information content (AvgIpc) is 3.01. The molecule has 2 rings (SSSR count). The predicted molar refractivity (Wildman–Crippen MR) is 81.0 cm³/mol. The zero-order valence-electron chi connectivity index (χ0n) is 12.0. The van der Waals surface area contributed by atoms with Crippen LogP contribution in [-0.2, 0) is 0 Å². The van der Waals surface area contributed by atoms with Gasteiger partial charge in [0.2, 0.25) is 0 Å². The monoisotopic (exact) mass is 276 g/mol. The van der Waals surface area contributed by atoms with Crippen molar-refractivity contribution < 1.29 is 9.90 Å². The summed E-state index contributed by atoms with van der Waals surface area (Å²) in [4.78, 5) is 14.1. The van der Waals surface area contributed by atoms with Gasteiger partial charge in [0.25, 0.3) is 5.91 Å². The molecule has 0 radical (unpaired) electrons. The number of carbonyl (C=O) groups excluding carboxylic acids is 1. The highest BCUT2D eigenvalue weighted by Gasteiger charge is 2.18. The van der Waals surface area contributed by atoms with Crippen LogP contribution in [0.3, 0.4) is 0 Å². The summed E-state index contributed by atoms with van der Waals surface area (Å²) in [5.41, 5.74) is 1.82. The third-order valence-electron chi connectivity index (χ3n) is 3.69. The second kappa shape index (κ2) is 7.90. The van der Waals surface area contributed by atoms with Crippen LogP contribution in [0.25, 0.3) is 0 Å². The van der Waals surface area contributed by atoms with Crippen LogP contribution in [0.5, 0.6) is 0 Å². The van der Waals surface area contributed by atoms with Gasteiger partial charge >= 0.3 is 0 Å². The van der Waals surface area contributed by atoms with Crippen LogP contribution < -0.4 is 5.32 Å². The van der Waals surface area contributed by atoms with E-state index in [1.54, 1.807) is 0 Å². The lowest BCUT2D eigenvalue weighted by Crippen LogP contribution is -2.27. The third-order valence-corrected chi connectivity index (χ3v) is 3.69. The van der Waals surface area contributed by atoms with E-state index in [4.69, 9.17) is 5.11 Å². The summed E-state index contributed by atoms with van der Waals surface area (Å²) in [6.07, 6.45) is 5.20. The maximum atomic E-state index is 12.2. The minimum atomic E-state index is 0.150. The number of carbonyl (C=O) groups is 1. The predicted octanol–water partition coefficient (Wildman–Crippen LogP) is 2.50. The number of hydrogen-bond donors (Lipinski definition) is 2. The minimum Gasteiger partial charge on any atom is -0.396 e. The first kappa shape index (κ1) is 14.9. The Bertz CT molecular complexity index is 411. The number of benzene rings is 1. The summed E-state index contributed by atoms with van der Waals surface area (Å²) < 4.78 is 0. The molecule has 0 aliphatic carbocycles. The lowest BCUT2D eigenvalue weighted by Gasteiger charge is -2.15. The van der Waals surface area contributed by atoms with E-state index >= 15 is 0 Å². The lowest BCUT2D eigenvalue weighted by molar-refractivity contribution is 0.0793. The van der Waals surface area contributed by atoms with Crippen molar-refractivity contribution in [3.05, 3.63) is 29.8 Å². The molecule has 1 fully saturated rings. The molecule has 0 bridgehead atoms. The fraction of sp³-hybridized carbons (Fsp3) is 0.562. The Morgan fingerprint density at radius 1 is 1.10 bits per heavy atom. The number of nitrogens with one attached hydrogen (secondary N) is 1. The fourth-order valence-electron chi connectivity index (χ4n) is 2.48. The van der Waals surface area contributed by atoms with E-state index < -0.39 is 0 Å². The van der Waals surface area contributed by atoms with Gasteiger partial charge in [-0.3, -0.25) is 4.79 Å². The van der Waals surface area contributed by atoms with Crippen LogP contribution in [-0.4, -0.2) is 42.2 Å². The Balaban J connectivity index is 1.78. The van der Waals surface area contributed by atoms with Crippen LogP contribution >= 0.6 is 0 Å². The van der Waals surface area contributed by atoms with Crippen LogP contribution in [0.4, 0.5) is 5.69 Å². The van der Waals surface area contributed by atoms with Crippen molar-refractivity contribution in [2.45, 2.75) is 32.1 Å². The molecule has 0 atom stereocenters. The summed E-state index contributed by atoms with van der Waals surface area (Å²) in [5.74, 6) is 0.150. The molecule has 1 aliphatic heterocycles. The van der Waals surface area contributed by atoms with E-state index in [-0.39, 0.29) is 12.5 Å². The van der Waals surface area contributed by atoms with Gasteiger partial charge in [-0.1, -0.05) is 0 Å². The van der Waals surface area contributed by atoms with Crippen molar-refractivity contribution in [1.82, 2.24) is 4.90 Å². The van der Waals surface area contributed by atoms with Crippen molar-refractivity contribution >= 4 is 11.6 Å². The van der Waals surface area contributed by atoms with Gasteiger partial charge in [-0.2, -0.15) is 0 Å². The average molecular weight is 276 g/mol. The molecule has 0 unspecified atom stereocenters. The van der Waals surface area contributed by atoms with E-state index in [1.165, 1.54) is 0 Å². The van der Waals surface area contributed by atoms with Crippen LogP contribution in [0.15, 0.2) is 24.3 Å². The van der Waals surface area contributed by atoms with Gasteiger partial charge in [0.05, 0.1) is 0 Å². The standard InChI is InChI=1S/C16H24N2O2/c19-13-5-1-2-10-17-15-8-6-14(7-9-15)16(20)18-11-3-4-12-18/h6-9,17,19H,1-5,10-13H2. The first-order valence-corrected chi connectivity index (χ1v) is 7.55. The number of rotatable bonds is 7. The highest BCUT2D eigenvalue weighted by molar-refractivity contribution is 5.94. The van der Waals surface area contributed by atoms with Crippen molar-refractivity contribution in [2.75, 3.05) is 31.6 Å². The van der Waals surface area contributed by atoms with Gasteiger partial charge in [0, 0.05) is 37.5 Å². The van der Waals surface area contributed by atoms with Crippen molar-refractivity contribution in [1.29, 1.82) is 0 Å². The zero-order valence-corrected chi connectivity index (χ0v) is 12.0. The van der Waals surface area contributed by atoms with E-state index in [1.807, 2.05) is 29.2 Å². The molecule has 0 aromatic heterocycles. The number of amides is 1. The van der Waals surface area contributed by atoms with E-state index in [0.717, 1.165) is 63.0 Å². The minimum absolute atomic E-state index is 0.150. The van der Waals surface area contributed by atoms with Crippen LogP contribution in [0.2, 0.25) is 0 Å². The number of aliphatic hydroxyl groups excluding tert-OH is 1. The number of unbranched alkanes of at least 4 members (excludes halogenated alkanes) is 2. The molecule has 1 amide bonds. The number of anilines is 1. The summed E-state index contributed by atoms with van der Waals surface area (Å²) in [6.45, 7) is 2.96. The van der Waals surface area contributed by atoms with E-state index in [2.05, 4.69) is 5.32 Å². The highest BCUT2D eigenvalue weighted by Crippen LogP contribution is 2.15. The summed E-state index contributed by atoms with van der Waals surface area (Å²) in [7, 11) is 0. The smallest absolute Gasteiger partial charge is 0.253 e. The van der Waals surface area contributed by atoms with Crippen LogP contribution in [0.1, 0.15) is 42.5 Å². The molecular weight excluding hydrogens is 252 g/mol. The number of aliphatic hydroxyl groups is 1. The highest BCUT2D eigenvalue weighted by atomic mass is 16.2. The van der Waals surface area contributed by atoms with Gasteiger partial charge in [-0.05, 0) is 56.4 Å². The Morgan fingerprint density at radius 2 is 1.80 bits per heavy atom. The lowest BCUT2D eigenvalue weighted by atomic mass is 10.1. The van der Waals surface area contributed by atoms with Crippen LogP contribution in [0, 0.1) is 0 Å². The molecule has 20 heavy (non-hydrogen) atoms. The van der Waals surface area contributed by atoms with Crippen molar-refractivity contribution in [2.24, 2.45) is 0 Å². The second-order valence-corrected chi connectivity index (χ2v) is 5.29. The first-order valence-electron chi connectivity index (χ1n) is 7.55. The molecule has 4 nitrogen and oxygen atoms in total.